The first kappa shape index (κ1) is 10.1. The lowest BCUT2D eigenvalue weighted by Gasteiger charge is -2.12. The summed E-state index contributed by atoms with van der Waals surface area (Å²) in [6.45, 7) is 2.22. The monoisotopic (exact) mass is 220 g/mol. The van der Waals surface area contributed by atoms with Crippen molar-refractivity contribution in [1.29, 1.82) is 0 Å². The van der Waals surface area contributed by atoms with Crippen LogP contribution in [0.3, 0.4) is 0 Å². The topological polar surface area (TPSA) is 38.7 Å². The van der Waals surface area contributed by atoms with Crippen LogP contribution in [0.1, 0.15) is 30.6 Å². The molecule has 16 heavy (non-hydrogen) atoms. The maximum Gasteiger partial charge on any atom is 0.132 e. The normalized spacial score (nSPS) is 31.0. The lowest BCUT2D eigenvalue weighted by molar-refractivity contribution is 0.00428. The zero-order valence-corrected chi connectivity index (χ0v) is 9.35. The summed E-state index contributed by atoms with van der Waals surface area (Å²) in [7, 11) is 0. The van der Waals surface area contributed by atoms with Crippen LogP contribution in [0.4, 0.5) is 0 Å². The summed E-state index contributed by atoms with van der Waals surface area (Å²) in [5.41, 5.74) is 2.49. The molecule has 1 aromatic rings. The highest BCUT2D eigenvalue weighted by atomic mass is 16.6. The number of aliphatic hydroxyl groups is 1. The van der Waals surface area contributed by atoms with Gasteiger partial charge in [0.05, 0.1) is 12.7 Å². The molecule has 1 saturated heterocycles. The summed E-state index contributed by atoms with van der Waals surface area (Å²) >= 11 is 0. The first-order valence-electron chi connectivity index (χ1n) is 5.88. The average molecular weight is 220 g/mol. The Balaban J connectivity index is 1.97. The molecule has 0 unspecified atom stereocenters. The molecule has 0 bridgehead atoms. The number of ether oxygens (including phenoxy) is 2. The van der Waals surface area contributed by atoms with Crippen LogP contribution in [0.5, 0.6) is 5.75 Å². The Kier molecular flexibility index (Phi) is 2.37. The largest absolute Gasteiger partial charge is 0.487 e. The molecule has 0 amide bonds. The number of hydrogen-bond acceptors (Lipinski definition) is 3. The van der Waals surface area contributed by atoms with E-state index in [4.69, 9.17) is 14.6 Å². The Morgan fingerprint density at radius 1 is 1.44 bits per heavy atom. The van der Waals surface area contributed by atoms with Gasteiger partial charge in [-0.25, -0.2) is 0 Å². The van der Waals surface area contributed by atoms with Crippen molar-refractivity contribution in [2.75, 3.05) is 6.61 Å². The fourth-order valence-electron chi connectivity index (χ4n) is 2.70. The van der Waals surface area contributed by atoms with Crippen molar-refractivity contribution in [3.63, 3.8) is 0 Å². The van der Waals surface area contributed by atoms with E-state index in [-0.39, 0.29) is 24.9 Å². The Morgan fingerprint density at radius 3 is 3.06 bits per heavy atom. The van der Waals surface area contributed by atoms with Gasteiger partial charge in [-0.2, -0.15) is 0 Å². The van der Waals surface area contributed by atoms with Gasteiger partial charge in [0.25, 0.3) is 0 Å². The van der Waals surface area contributed by atoms with Crippen molar-refractivity contribution in [3.05, 3.63) is 29.3 Å². The fourth-order valence-corrected chi connectivity index (χ4v) is 2.70. The third kappa shape index (κ3) is 1.35. The molecule has 2 heterocycles. The second kappa shape index (κ2) is 3.75. The molecule has 2 aliphatic heterocycles. The number of benzene rings is 1. The van der Waals surface area contributed by atoms with Crippen LogP contribution in [0, 0.1) is 0 Å². The Hall–Kier alpha value is -1.06. The highest BCUT2D eigenvalue weighted by Gasteiger charge is 2.44. The van der Waals surface area contributed by atoms with Crippen molar-refractivity contribution in [3.8, 4) is 5.75 Å². The van der Waals surface area contributed by atoms with Crippen molar-refractivity contribution in [2.24, 2.45) is 0 Å². The number of rotatable bonds is 2. The minimum absolute atomic E-state index is 0.0308. The van der Waals surface area contributed by atoms with E-state index in [1.807, 2.05) is 12.1 Å². The molecule has 2 aliphatic rings. The van der Waals surface area contributed by atoms with E-state index in [9.17, 15) is 0 Å². The summed E-state index contributed by atoms with van der Waals surface area (Å²) in [5, 5.41) is 9.12. The molecule has 3 rings (SSSR count). The van der Waals surface area contributed by atoms with Crippen LogP contribution in [0.25, 0.3) is 0 Å². The van der Waals surface area contributed by atoms with E-state index in [0.717, 1.165) is 18.6 Å². The molecule has 0 radical (unpaired) electrons. The summed E-state index contributed by atoms with van der Waals surface area (Å²) in [6.07, 6.45) is 1.85. The zero-order chi connectivity index (χ0) is 11.1. The first-order valence-corrected chi connectivity index (χ1v) is 5.88. The van der Waals surface area contributed by atoms with Gasteiger partial charge in [0, 0.05) is 12.0 Å². The van der Waals surface area contributed by atoms with Crippen LogP contribution in [0.15, 0.2) is 18.2 Å². The second-order valence-electron chi connectivity index (χ2n) is 4.44. The van der Waals surface area contributed by atoms with E-state index < -0.39 is 0 Å². The standard InChI is InChI=1S/C13H16O3/c1-2-8-4-3-5-10-12(8)13-11(16-10)6-9(7-14)15-13/h3-5,9,11,13-14H,2,6-7H2,1H3/t9-,11+,13-/m1/s1. The van der Waals surface area contributed by atoms with Gasteiger partial charge in [-0.05, 0) is 18.1 Å². The number of aryl methyl sites for hydroxylation is 1. The second-order valence-corrected chi connectivity index (χ2v) is 4.44. The molecule has 1 fully saturated rings. The maximum atomic E-state index is 9.12. The van der Waals surface area contributed by atoms with Crippen LogP contribution < -0.4 is 4.74 Å². The zero-order valence-electron chi connectivity index (χ0n) is 9.35. The average Bonchev–Trinajstić information content (AvgIpc) is 2.84. The van der Waals surface area contributed by atoms with Crippen molar-refractivity contribution < 1.29 is 14.6 Å². The summed E-state index contributed by atoms with van der Waals surface area (Å²) in [4.78, 5) is 0. The van der Waals surface area contributed by atoms with Gasteiger partial charge >= 0.3 is 0 Å². The molecule has 0 spiro atoms. The highest BCUT2D eigenvalue weighted by molar-refractivity contribution is 5.46. The molecule has 3 atom stereocenters. The molecular formula is C13H16O3. The molecular weight excluding hydrogens is 204 g/mol. The molecule has 1 aromatic carbocycles. The van der Waals surface area contributed by atoms with Crippen LogP contribution in [0.2, 0.25) is 0 Å². The predicted molar refractivity (Wildman–Crippen MR) is 59.6 cm³/mol. The lowest BCUT2D eigenvalue weighted by atomic mass is 9.99. The van der Waals surface area contributed by atoms with Gasteiger partial charge in [0.1, 0.15) is 18.0 Å². The van der Waals surface area contributed by atoms with Gasteiger partial charge in [-0.1, -0.05) is 19.1 Å². The van der Waals surface area contributed by atoms with E-state index in [1.165, 1.54) is 11.1 Å². The maximum absolute atomic E-state index is 9.12. The lowest BCUT2D eigenvalue weighted by Crippen LogP contribution is -2.14. The molecule has 1 N–H and O–H groups in total. The van der Waals surface area contributed by atoms with Crippen molar-refractivity contribution in [1.82, 2.24) is 0 Å². The summed E-state index contributed by atoms with van der Waals surface area (Å²) < 4.78 is 11.7. The SMILES string of the molecule is CCc1cccc2c1[C@@H]1O[C@@H](CO)C[C@@H]1O2. The van der Waals surface area contributed by atoms with E-state index >= 15 is 0 Å². The van der Waals surface area contributed by atoms with Crippen LogP contribution in [-0.2, 0) is 11.2 Å². The van der Waals surface area contributed by atoms with E-state index in [2.05, 4.69) is 13.0 Å². The molecule has 3 nitrogen and oxygen atoms in total. The van der Waals surface area contributed by atoms with Gasteiger partial charge in [-0.15, -0.1) is 0 Å². The third-order valence-electron chi connectivity index (χ3n) is 3.48. The number of hydrogen-bond donors (Lipinski definition) is 1. The molecule has 86 valence electrons. The van der Waals surface area contributed by atoms with Crippen LogP contribution in [-0.4, -0.2) is 23.9 Å². The molecule has 0 aromatic heterocycles. The summed E-state index contributed by atoms with van der Waals surface area (Å²) in [5.74, 6) is 0.964. The predicted octanol–water partition coefficient (Wildman–Crippen LogP) is 1.83. The quantitative estimate of drug-likeness (QED) is 0.826. The van der Waals surface area contributed by atoms with Gasteiger partial charge in [0.2, 0.25) is 0 Å². The highest BCUT2D eigenvalue weighted by Crippen LogP contribution is 2.47. The molecule has 0 aliphatic carbocycles. The fraction of sp³-hybridized carbons (Fsp3) is 0.538. The third-order valence-corrected chi connectivity index (χ3v) is 3.48. The summed E-state index contributed by atoms with van der Waals surface area (Å²) in [6, 6.07) is 6.16. The number of aliphatic hydroxyl groups excluding tert-OH is 1. The Morgan fingerprint density at radius 2 is 2.31 bits per heavy atom. The minimum atomic E-state index is -0.0620. The van der Waals surface area contributed by atoms with Gasteiger partial charge in [0.15, 0.2) is 0 Å². The Bertz CT molecular complexity index is 402. The minimum Gasteiger partial charge on any atom is -0.487 e. The van der Waals surface area contributed by atoms with Crippen LogP contribution >= 0.6 is 0 Å². The smallest absolute Gasteiger partial charge is 0.132 e. The van der Waals surface area contributed by atoms with E-state index in [0.29, 0.717) is 0 Å². The van der Waals surface area contributed by atoms with Crippen molar-refractivity contribution >= 4 is 0 Å². The van der Waals surface area contributed by atoms with E-state index in [1.54, 1.807) is 0 Å². The van der Waals surface area contributed by atoms with Gasteiger partial charge < -0.3 is 14.6 Å². The Labute approximate surface area is 95.0 Å². The van der Waals surface area contributed by atoms with Crippen molar-refractivity contribution in [2.45, 2.75) is 38.1 Å². The molecule has 3 heteroatoms. The first-order chi connectivity index (χ1) is 7.83. The van der Waals surface area contributed by atoms with Gasteiger partial charge in [-0.3, -0.25) is 0 Å². The number of fused-ring (bicyclic) bond motifs is 3. The molecule has 0 saturated carbocycles.